The Morgan fingerprint density at radius 1 is 0.806 bits per heavy atom. The van der Waals surface area contributed by atoms with Crippen LogP contribution >= 0.6 is 0 Å². The average Bonchev–Trinajstić information content (AvgIpc) is 3.21. The Hall–Kier alpha value is -3.72. The Balaban J connectivity index is 1.85. The molecule has 0 fully saturated rings. The molecule has 0 saturated carbocycles. The van der Waals surface area contributed by atoms with Crippen LogP contribution in [-0.4, -0.2) is 15.2 Å². The number of hydrogen-bond acceptors (Lipinski definition) is 2. The highest BCUT2D eigenvalue weighted by atomic mass is 16.1. The standard InChI is InChI=1S/C28H22N2O/c1-18-15-16-21-22(17-18)25-23(13-8-14-24(25)31)30-27(20-11-6-3-7-12-20)26(29-28(21)30)19-9-4-2-5-10-19/h2-7,9-12,15-17H,8,13-14H2,1H3. The number of pyridine rings is 1. The van der Waals surface area contributed by atoms with Crippen LogP contribution in [0.2, 0.25) is 0 Å². The minimum atomic E-state index is 0.243. The van der Waals surface area contributed by atoms with Gasteiger partial charge in [-0.2, -0.15) is 0 Å². The van der Waals surface area contributed by atoms with Gasteiger partial charge in [-0.15, -0.1) is 0 Å². The van der Waals surface area contributed by atoms with Crippen LogP contribution in [0, 0.1) is 6.92 Å². The van der Waals surface area contributed by atoms with Gasteiger partial charge < -0.3 is 0 Å². The van der Waals surface area contributed by atoms with Crippen LogP contribution in [-0.2, 0) is 6.42 Å². The second-order valence-electron chi connectivity index (χ2n) is 8.35. The van der Waals surface area contributed by atoms with Crippen molar-refractivity contribution < 1.29 is 4.79 Å². The van der Waals surface area contributed by atoms with E-state index in [4.69, 9.17) is 4.98 Å². The molecule has 2 heterocycles. The first-order valence-electron chi connectivity index (χ1n) is 10.8. The maximum Gasteiger partial charge on any atom is 0.165 e. The molecule has 2 aromatic heterocycles. The van der Waals surface area contributed by atoms with Crippen LogP contribution in [0.25, 0.3) is 38.9 Å². The normalized spacial score (nSPS) is 13.6. The summed E-state index contributed by atoms with van der Waals surface area (Å²) in [6, 6.07) is 27.2. The first kappa shape index (κ1) is 18.1. The number of carbonyl (C=O) groups is 1. The molecule has 31 heavy (non-hydrogen) atoms. The van der Waals surface area contributed by atoms with E-state index in [-0.39, 0.29) is 5.78 Å². The average molecular weight is 402 g/mol. The molecule has 1 aliphatic carbocycles. The molecule has 3 aromatic carbocycles. The minimum absolute atomic E-state index is 0.243. The van der Waals surface area contributed by atoms with Gasteiger partial charge in [0, 0.05) is 34.2 Å². The first-order valence-corrected chi connectivity index (χ1v) is 10.8. The number of ketones is 1. The molecule has 6 rings (SSSR count). The minimum Gasteiger partial charge on any atom is -0.295 e. The molecule has 0 amide bonds. The summed E-state index contributed by atoms with van der Waals surface area (Å²) in [5, 5.41) is 2.08. The van der Waals surface area contributed by atoms with E-state index < -0.39 is 0 Å². The smallest absolute Gasteiger partial charge is 0.165 e. The molecule has 5 aromatic rings. The van der Waals surface area contributed by atoms with E-state index in [1.807, 2.05) is 12.1 Å². The van der Waals surface area contributed by atoms with Crippen molar-refractivity contribution in [3.63, 3.8) is 0 Å². The van der Waals surface area contributed by atoms with Crippen LogP contribution in [0.1, 0.15) is 34.5 Å². The zero-order chi connectivity index (χ0) is 20.9. The van der Waals surface area contributed by atoms with E-state index in [0.29, 0.717) is 6.42 Å². The summed E-state index contributed by atoms with van der Waals surface area (Å²) in [5.74, 6) is 0.243. The van der Waals surface area contributed by atoms with Crippen molar-refractivity contribution in [1.29, 1.82) is 0 Å². The highest BCUT2D eigenvalue weighted by molar-refractivity contribution is 6.13. The van der Waals surface area contributed by atoms with Gasteiger partial charge in [-0.05, 0) is 25.2 Å². The van der Waals surface area contributed by atoms with Crippen LogP contribution in [0.5, 0.6) is 0 Å². The molecule has 1 aliphatic rings. The van der Waals surface area contributed by atoms with Crippen molar-refractivity contribution in [2.45, 2.75) is 26.2 Å². The molecule has 0 bridgehead atoms. The molecule has 0 radical (unpaired) electrons. The summed E-state index contributed by atoms with van der Waals surface area (Å²) < 4.78 is 2.27. The maximum absolute atomic E-state index is 13.1. The number of nitrogens with zero attached hydrogens (tertiary/aromatic N) is 2. The highest BCUT2D eigenvalue weighted by Crippen LogP contribution is 2.40. The molecule has 3 heteroatoms. The van der Waals surface area contributed by atoms with Crippen molar-refractivity contribution in [3.8, 4) is 22.5 Å². The Kier molecular flexibility index (Phi) is 4.03. The first-order chi connectivity index (χ1) is 15.2. The van der Waals surface area contributed by atoms with Gasteiger partial charge in [0.05, 0.1) is 11.4 Å². The fourth-order valence-corrected chi connectivity index (χ4v) is 4.94. The Labute approximate surface area is 181 Å². The van der Waals surface area contributed by atoms with Crippen LogP contribution in [0.15, 0.2) is 78.9 Å². The van der Waals surface area contributed by atoms with Crippen molar-refractivity contribution >= 4 is 22.2 Å². The Morgan fingerprint density at radius 3 is 2.26 bits per heavy atom. The topological polar surface area (TPSA) is 34.4 Å². The number of aromatic nitrogens is 2. The molecule has 3 nitrogen and oxygen atoms in total. The molecule has 150 valence electrons. The molecule has 0 spiro atoms. The van der Waals surface area contributed by atoms with E-state index in [1.54, 1.807) is 0 Å². The molecule has 0 atom stereocenters. The summed E-state index contributed by atoms with van der Waals surface area (Å²) in [5.41, 5.74) is 8.29. The third-order valence-electron chi connectivity index (χ3n) is 6.31. The number of hydrogen-bond donors (Lipinski definition) is 0. The van der Waals surface area contributed by atoms with E-state index >= 15 is 0 Å². The van der Waals surface area contributed by atoms with Gasteiger partial charge in [0.25, 0.3) is 0 Å². The number of benzene rings is 3. The summed E-state index contributed by atoms with van der Waals surface area (Å²) in [4.78, 5) is 18.3. The van der Waals surface area contributed by atoms with E-state index in [1.165, 1.54) is 0 Å². The van der Waals surface area contributed by atoms with Crippen molar-refractivity contribution in [1.82, 2.24) is 9.38 Å². The monoisotopic (exact) mass is 402 g/mol. The van der Waals surface area contributed by atoms with Crippen molar-refractivity contribution in [2.24, 2.45) is 0 Å². The summed E-state index contributed by atoms with van der Waals surface area (Å²) >= 11 is 0. The molecular weight excluding hydrogens is 380 g/mol. The fraction of sp³-hybridized carbons (Fsp3) is 0.143. The number of carbonyl (C=O) groups excluding carboxylic acids is 1. The molecule has 0 saturated heterocycles. The third-order valence-corrected chi connectivity index (χ3v) is 6.31. The maximum atomic E-state index is 13.1. The van der Waals surface area contributed by atoms with Gasteiger partial charge in [-0.3, -0.25) is 9.20 Å². The lowest BCUT2D eigenvalue weighted by atomic mass is 9.89. The summed E-state index contributed by atoms with van der Waals surface area (Å²) in [6.45, 7) is 2.08. The number of fused-ring (bicyclic) bond motifs is 6. The zero-order valence-electron chi connectivity index (χ0n) is 17.4. The SMILES string of the molecule is Cc1ccc2c(c1)c1c(n3c(-c4ccccc4)c(-c4ccccc4)nc23)CCCC1=O. The van der Waals surface area contributed by atoms with E-state index in [9.17, 15) is 4.79 Å². The molecule has 0 aliphatic heterocycles. The number of rotatable bonds is 2. The number of imidazole rings is 1. The fourth-order valence-electron chi connectivity index (χ4n) is 4.94. The quantitative estimate of drug-likeness (QED) is 0.331. The lowest BCUT2D eigenvalue weighted by Gasteiger charge is -2.21. The third kappa shape index (κ3) is 2.73. The van der Waals surface area contributed by atoms with E-state index in [2.05, 4.69) is 78.1 Å². The van der Waals surface area contributed by atoms with Gasteiger partial charge in [0.2, 0.25) is 0 Å². The second kappa shape index (κ2) is 6.92. The second-order valence-corrected chi connectivity index (χ2v) is 8.35. The summed E-state index contributed by atoms with van der Waals surface area (Å²) in [7, 11) is 0. The van der Waals surface area contributed by atoms with Gasteiger partial charge >= 0.3 is 0 Å². The predicted octanol–water partition coefficient (Wildman–Crippen LogP) is 6.65. The Morgan fingerprint density at radius 2 is 1.52 bits per heavy atom. The lowest BCUT2D eigenvalue weighted by Crippen LogP contribution is -2.16. The Bertz CT molecular complexity index is 1460. The highest BCUT2D eigenvalue weighted by Gasteiger charge is 2.28. The predicted molar refractivity (Wildman–Crippen MR) is 126 cm³/mol. The van der Waals surface area contributed by atoms with Crippen LogP contribution in [0.3, 0.4) is 0 Å². The summed E-state index contributed by atoms with van der Waals surface area (Å²) in [6.07, 6.45) is 2.37. The van der Waals surface area contributed by atoms with Gasteiger partial charge in [0.1, 0.15) is 5.65 Å². The van der Waals surface area contributed by atoms with Gasteiger partial charge in [-0.25, -0.2) is 4.98 Å². The van der Waals surface area contributed by atoms with Crippen LogP contribution < -0.4 is 0 Å². The van der Waals surface area contributed by atoms with Crippen molar-refractivity contribution in [2.75, 3.05) is 0 Å². The molecule has 0 unspecified atom stereocenters. The number of Topliss-reactive ketones (excluding diaryl/α,β-unsaturated/α-hetero) is 1. The van der Waals surface area contributed by atoms with Crippen LogP contribution in [0.4, 0.5) is 0 Å². The van der Waals surface area contributed by atoms with E-state index in [0.717, 1.165) is 68.6 Å². The number of aryl methyl sites for hydroxylation is 2. The van der Waals surface area contributed by atoms with Gasteiger partial charge in [0.15, 0.2) is 5.78 Å². The lowest BCUT2D eigenvalue weighted by molar-refractivity contribution is 0.0973. The van der Waals surface area contributed by atoms with Gasteiger partial charge in [-0.1, -0.05) is 84.4 Å². The molecule has 0 N–H and O–H groups in total. The van der Waals surface area contributed by atoms with Crippen molar-refractivity contribution in [3.05, 3.63) is 95.7 Å². The largest absolute Gasteiger partial charge is 0.295 e. The zero-order valence-corrected chi connectivity index (χ0v) is 17.4. The molecular formula is C28H22N2O.